The summed E-state index contributed by atoms with van der Waals surface area (Å²) in [7, 11) is 3.67. The Balaban J connectivity index is 1.49. The number of ether oxygens (including phenoxy) is 1. The minimum Gasteiger partial charge on any atom is -0.497 e. The summed E-state index contributed by atoms with van der Waals surface area (Å²) in [5.74, 6) is 1.31. The number of nitrogens with zero attached hydrogens (tertiary/aromatic N) is 3. The molecule has 0 radical (unpaired) electrons. The second-order valence-electron chi connectivity index (χ2n) is 11.3. The van der Waals surface area contributed by atoms with E-state index < -0.39 is 0 Å². The van der Waals surface area contributed by atoms with Crippen molar-refractivity contribution in [2.24, 2.45) is 12.5 Å². The zero-order chi connectivity index (χ0) is 27.7. The van der Waals surface area contributed by atoms with Crippen LogP contribution in [0.2, 0.25) is 0 Å². The largest absolute Gasteiger partial charge is 0.497 e. The zero-order valence-electron chi connectivity index (χ0n) is 23.4. The van der Waals surface area contributed by atoms with Gasteiger partial charge in [-0.1, -0.05) is 63.7 Å². The molecule has 0 spiro atoms. The van der Waals surface area contributed by atoms with Crippen molar-refractivity contribution in [3.8, 4) is 11.1 Å². The van der Waals surface area contributed by atoms with Crippen molar-refractivity contribution in [2.75, 3.05) is 12.0 Å². The van der Waals surface area contributed by atoms with E-state index in [1.54, 1.807) is 13.3 Å². The number of rotatable bonds is 7. The van der Waals surface area contributed by atoms with Gasteiger partial charge in [0.2, 0.25) is 5.91 Å². The molecule has 5 nitrogen and oxygen atoms in total. The first-order valence-electron chi connectivity index (χ1n) is 13.2. The van der Waals surface area contributed by atoms with E-state index in [-0.39, 0.29) is 11.3 Å². The molecular weight excluding hydrogens is 482 g/mol. The van der Waals surface area contributed by atoms with Gasteiger partial charge in [0, 0.05) is 47.7 Å². The fourth-order valence-corrected chi connectivity index (χ4v) is 4.95. The third-order valence-corrected chi connectivity index (χ3v) is 7.06. The number of carbonyl (C=O) groups is 1. The molecule has 5 heteroatoms. The van der Waals surface area contributed by atoms with Crippen molar-refractivity contribution < 1.29 is 9.53 Å². The summed E-state index contributed by atoms with van der Waals surface area (Å²) >= 11 is 0. The monoisotopic (exact) mass is 517 g/mol. The Hall–Kier alpha value is -4.38. The first-order chi connectivity index (χ1) is 18.6. The molecule has 2 aromatic heterocycles. The number of carbonyl (C=O) groups excluding carboxylic acids is 1. The maximum Gasteiger partial charge on any atom is 0.229 e. The number of pyridine rings is 1. The van der Waals surface area contributed by atoms with Gasteiger partial charge in [-0.25, -0.2) is 4.98 Å². The summed E-state index contributed by atoms with van der Waals surface area (Å²) in [5.41, 5.74) is 5.33. The van der Waals surface area contributed by atoms with Gasteiger partial charge in [0.15, 0.2) is 0 Å². The predicted octanol–water partition coefficient (Wildman–Crippen LogP) is 7.98. The molecule has 5 rings (SSSR count). The smallest absolute Gasteiger partial charge is 0.229 e. The Kier molecular flexibility index (Phi) is 7.00. The van der Waals surface area contributed by atoms with E-state index in [0.717, 1.165) is 27.5 Å². The van der Waals surface area contributed by atoms with Crippen molar-refractivity contribution in [2.45, 2.75) is 33.7 Å². The maximum atomic E-state index is 13.7. The molecule has 198 valence electrons. The van der Waals surface area contributed by atoms with Crippen molar-refractivity contribution in [1.29, 1.82) is 0 Å². The minimum atomic E-state index is -0.150. The molecule has 5 aromatic rings. The van der Waals surface area contributed by atoms with E-state index in [1.165, 1.54) is 16.5 Å². The lowest BCUT2D eigenvalue weighted by molar-refractivity contribution is -0.120. The summed E-state index contributed by atoms with van der Waals surface area (Å²) in [6.45, 7) is 10.7. The molecule has 0 aliphatic carbocycles. The molecule has 0 N–H and O–H groups in total. The van der Waals surface area contributed by atoms with E-state index in [4.69, 9.17) is 9.72 Å². The van der Waals surface area contributed by atoms with Crippen molar-refractivity contribution >= 4 is 39.2 Å². The highest BCUT2D eigenvalue weighted by Gasteiger charge is 2.25. The van der Waals surface area contributed by atoms with Gasteiger partial charge in [-0.15, -0.1) is 0 Å². The molecular formula is C34H35N3O2. The molecule has 1 amide bonds. The average molecular weight is 518 g/mol. The summed E-state index contributed by atoms with van der Waals surface area (Å²) < 4.78 is 7.45. The van der Waals surface area contributed by atoms with Crippen LogP contribution >= 0.6 is 0 Å². The van der Waals surface area contributed by atoms with E-state index in [9.17, 15) is 4.79 Å². The van der Waals surface area contributed by atoms with Crippen LogP contribution in [0, 0.1) is 5.41 Å². The lowest BCUT2D eigenvalue weighted by Crippen LogP contribution is -2.34. The molecule has 0 saturated heterocycles. The first-order valence-corrected chi connectivity index (χ1v) is 13.2. The van der Waals surface area contributed by atoms with E-state index in [2.05, 4.69) is 93.7 Å². The number of benzene rings is 3. The molecule has 2 heterocycles. The highest BCUT2D eigenvalue weighted by molar-refractivity contribution is 6.02. The molecule has 0 fully saturated rings. The van der Waals surface area contributed by atoms with Crippen molar-refractivity contribution in [3.63, 3.8) is 0 Å². The third-order valence-electron chi connectivity index (χ3n) is 7.06. The molecule has 0 atom stereocenters. The van der Waals surface area contributed by atoms with Crippen LogP contribution in [0.5, 0.6) is 0 Å². The van der Waals surface area contributed by atoms with E-state index in [1.807, 2.05) is 29.2 Å². The highest BCUT2D eigenvalue weighted by atomic mass is 16.5. The summed E-state index contributed by atoms with van der Waals surface area (Å²) in [5, 5.41) is 3.12. The standard InChI is InChI=1S/C34H35N3O2/c1-23(39-6)26-11-13-30-28(19-26)15-17-35-33(30)37(32(38)21-34(2,3)4)22-24-7-9-25(10-8-24)27-12-14-31-29(20-27)16-18-36(31)5/h7-20H,1,21-22H2,2-6H3. The first kappa shape index (κ1) is 26.2. The third kappa shape index (κ3) is 5.58. The van der Waals surface area contributed by atoms with Crippen LogP contribution in [-0.4, -0.2) is 22.6 Å². The molecule has 39 heavy (non-hydrogen) atoms. The lowest BCUT2D eigenvalue weighted by Gasteiger charge is -2.27. The van der Waals surface area contributed by atoms with Gasteiger partial charge in [0.25, 0.3) is 0 Å². The lowest BCUT2D eigenvalue weighted by atomic mass is 9.91. The number of aryl methyl sites for hydroxylation is 1. The van der Waals surface area contributed by atoms with Crippen LogP contribution in [-0.2, 0) is 23.1 Å². The summed E-state index contributed by atoms with van der Waals surface area (Å²) in [6.07, 6.45) is 4.26. The fourth-order valence-electron chi connectivity index (χ4n) is 4.95. The van der Waals surface area contributed by atoms with Crippen LogP contribution in [0.1, 0.15) is 38.3 Å². The Labute approximate surface area is 230 Å². The quantitative estimate of drug-likeness (QED) is 0.206. The number of anilines is 1. The second kappa shape index (κ2) is 10.4. The van der Waals surface area contributed by atoms with Crippen LogP contribution in [0.4, 0.5) is 5.82 Å². The molecule has 0 aliphatic heterocycles. The molecule has 3 aromatic carbocycles. The Morgan fingerprint density at radius 1 is 0.949 bits per heavy atom. The van der Waals surface area contributed by atoms with Gasteiger partial charge >= 0.3 is 0 Å². The molecule has 0 bridgehead atoms. The number of hydrogen-bond acceptors (Lipinski definition) is 3. The van der Waals surface area contributed by atoms with Gasteiger partial charge in [-0.05, 0) is 63.9 Å². The maximum absolute atomic E-state index is 13.7. The molecule has 0 unspecified atom stereocenters. The number of fused-ring (bicyclic) bond motifs is 2. The molecule has 0 aliphatic rings. The van der Waals surface area contributed by atoms with Crippen LogP contribution in [0.3, 0.4) is 0 Å². The van der Waals surface area contributed by atoms with Gasteiger partial charge in [0.05, 0.1) is 13.7 Å². The minimum absolute atomic E-state index is 0.0477. The Bertz CT molecular complexity index is 1670. The van der Waals surface area contributed by atoms with Crippen LogP contribution in [0.25, 0.3) is 38.6 Å². The fraction of sp³-hybridized carbons (Fsp3) is 0.235. The average Bonchev–Trinajstić information content (AvgIpc) is 3.29. The normalized spacial score (nSPS) is 11.6. The van der Waals surface area contributed by atoms with Crippen LogP contribution < -0.4 is 4.90 Å². The van der Waals surface area contributed by atoms with Crippen molar-refractivity contribution in [3.05, 3.63) is 103 Å². The van der Waals surface area contributed by atoms with Gasteiger partial charge in [-0.3, -0.25) is 9.69 Å². The van der Waals surface area contributed by atoms with Crippen molar-refractivity contribution in [1.82, 2.24) is 9.55 Å². The number of hydrogen-bond donors (Lipinski definition) is 0. The summed E-state index contributed by atoms with van der Waals surface area (Å²) in [4.78, 5) is 20.2. The number of methoxy groups -OCH3 is 1. The number of aromatic nitrogens is 2. The topological polar surface area (TPSA) is 47.4 Å². The SMILES string of the molecule is C=C(OC)c1ccc2c(N(Cc3ccc(-c4ccc5c(ccn5C)c4)cc3)C(=O)CC(C)(C)C)nccc2c1. The van der Waals surface area contributed by atoms with E-state index >= 15 is 0 Å². The van der Waals surface area contributed by atoms with Gasteiger partial charge in [-0.2, -0.15) is 0 Å². The van der Waals surface area contributed by atoms with Gasteiger partial charge < -0.3 is 9.30 Å². The highest BCUT2D eigenvalue weighted by Crippen LogP contribution is 2.31. The van der Waals surface area contributed by atoms with Crippen LogP contribution in [0.15, 0.2) is 91.8 Å². The second-order valence-corrected chi connectivity index (χ2v) is 11.3. The predicted molar refractivity (Wildman–Crippen MR) is 161 cm³/mol. The number of amides is 1. The van der Waals surface area contributed by atoms with E-state index in [0.29, 0.717) is 24.5 Å². The zero-order valence-corrected chi connectivity index (χ0v) is 23.4. The Morgan fingerprint density at radius 2 is 1.69 bits per heavy atom. The van der Waals surface area contributed by atoms with Gasteiger partial charge in [0.1, 0.15) is 11.6 Å². The summed E-state index contributed by atoms with van der Waals surface area (Å²) in [6, 6.07) is 25.1. The Morgan fingerprint density at radius 3 is 2.41 bits per heavy atom. The molecule has 0 saturated carbocycles.